The maximum absolute atomic E-state index is 12.5. The zero-order valence-electron chi connectivity index (χ0n) is 10.4. The second kappa shape index (κ2) is 5.98. The number of ketones is 1. The van der Waals surface area contributed by atoms with Gasteiger partial charge in [-0.05, 0) is 46.7 Å². The highest BCUT2D eigenvalue weighted by Gasteiger charge is 2.24. The summed E-state index contributed by atoms with van der Waals surface area (Å²) in [5.74, 6) is -0.876. The van der Waals surface area contributed by atoms with E-state index in [0.717, 1.165) is 14.7 Å². The van der Waals surface area contributed by atoms with Gasteiger partial charge in [-0.15, -0.1) is 0 Å². The van der Waals surface area contributed by atoms with Gasteiger partial charge in [-0.1, -0.05) is 42.5 Å². The van der Waals surface area contributed by atoms with Crippen LogP contribution < -0.4 is 0 Å². The molecule has 2 rings (SSSR count). The molecule has 0 aliphatic heterocycles. The van der Waals surface area contributed by atoms with Crippen molar-refractivity contribution in [2.45, 2.75) is 12.8 Å². The molecule has 0 saturated heterocycles. The molecule has 2 aromatic carbocycles. The fourth-order valence-corrected chi connectivity index (χ4v) is 2.65. The smallest absolute Gasteiger partial charge is 0.185 e. The number of carbonyl (C=O) groups is 1. The van der Waals surface area contributed by atoms with Gasteiger partial charge in [0.15, 0.2) is 5.78 Å². The lowest BCUT2D eigenvalue weighted by Crippen LogP contribution is -2.13. The molecule has 0 aliphatic carbocycles. The van der Waals surface area contributed by atoms with E-state index in [1.165, 1.54) is 0 Å². The van der Waals surface area contributed by atoms with Crippen molar-refractivity contribution in [2.24, 2.45) is 0 Å². The Bertz CT molecular complexity index is 658. The van der Waals surface area contributed by atoms with Crippen molar-refractivity contribution in [3.05, 3.63) is 68.8 Å². The van der Waals surface area contributed by atoms with E-state index in [4.69, 9.17) is 0 Å². The first-order valence-electron chi connectivity index (χ1n) is 5.89. The van der Waals surface area contributed by atoms with Gasteiger partial charge in [-0.3, -0.25) is 4.79 Å². The molecule has 0 amide bonds. The second-order valence-corrected chi connectivity index (χ2v) is 5.42. The number of nitriles is 1. The molecule has 0 radical (unpaired) electrons. The predicted molar refractivity (Wildman–Crippen MR) is 83.0 cm³/mol. The third-order valence-electron chi connectivity index (χ3n) is 3.03. The molecule has 0 aliphatic rings. The third kappa shape index (κ3) is 2.85. The van der Waals surface area contributed by atoms with Gasteiger partial charge >= 0.3 is 0 Å². The van der Waals surface area contributed by atoms with Crippen LogP contribution in [-0.4, -0.2) is 5.78 Å². The molecule has 0 aromatic heterocycles. The van der Waals surface area contributed by atoms with E-state index in [2.05, 4.69) is 28.7 Å². The first kappa shape index (κ1) is 13.8. The fourth-order valence-electron chi connectivity index (χ4n) is 2.00. The molecule has 94 valence electrons. The number of aryl methyl sites for hydroxylation is 1. The highest BCUT2D eigenvalue weighted by atomic mass is 127. The van der Waals surface area contributed by atoms with Crippen molar-refractivity contribution in [1.29, 1.82) is 5.26 Å². The second-order valence-electron chi connectivity index (χ2n) is 4.26. The molecule has 0 saturated carbocycles. The Morgan fingerprint density at radius 1 is 1.16 bits per heavy atom. The Morgan fingerprint density at radius 2 is 1.79 bits per heavy atom. The molecule has 0 fully saturated rings. The van der Waals surface area contributed by atoms with Crippen molar-refractivity contribution >= 4 is 28.4 Å². The topological polar surface area (TPSA) is 40.9 Å². The van der Waals surface area contributed by atoms with Gasteiger partial charge in [-0.25, -0.2) is 0 Å². The summed E-state index contributed by atoms with van der Waals surface area (Å²) in [6, 6.07) is 17.0. The first-order chi connectivity index (χ1) is 9.15. The van der Waals surface area contributed by atoms with Crippen LogP contribution in [0.25, 0.3) is 0 Å². The van der Waals surface area contributed by atoms with Gasteiger partial charge in [0.2, 0.25) is 0 Å². The van der Waals surface area contributed by atoms with Crippen molar-refractivity contribution in [1.82, 2.24) is 0 Å². The number of Topliss-reactive ketones (excluding diaryl/α,β-unsaturated/α-hetero) is 1. The van der Waals surface area contributed by atoms with Crippen LogP contribution in [0, 0.1) is 21.8 Å². The van der Waals surface area contributed by atoms with Gasteiger partial charge in [0.05, 0.1) is 6.07 Å². The van der Waals surface area contributed by atoms with Crippen molar-refractivity contribution < 1.29 is 4.79 Å². The zero-order chi connectivity index (χ0) is 13.8. The summed E-state index contributed by atoms with van der Waals surface area (Å²) in [5.41, 5.74) is 2.36. The fraction of sp³-hybridized carbons (Fsp3) is 0.125. The lowest BCUT2D eigenvalue weighted by molar-refractivity contribution is 0.0978. The maximum atomic E-state index is 12.5. The molecule has 0 bridgehead atoms. The summed E-state index contributed by atoms with van der Waals surface area (Å²) in [4.78, 5) is 12.5. The largest absolute Gasteiger partial charge is 0.292 e. The number of carbonyl (C=O) groups excluding carboxylic acids is 1. The molecule has 0 spiro atoms. The quantitative estimate of drug-likeness (QED) is 0.610. The molecular weight excluding hydrogens is 349 g/mol. The van der Waals surface area contributed by atoms with Crippen LogP contribution in [0.15, 0.2) is 48.5 Å². The molecule has 2 nitrogen and oxygen atoms in total. The van der Waals surface area contributed by atoms with E-state index < -0.39 is 5.92 Å². The van der Waals surface area contributed by atoms with Crippen LogP contribution in [0.2, 0.25) is 0 Å². The Kier molecular flexibility index (Phi) is 4.33. The average molecular weight is 361 g/mol. The Hall–Kier alpha value is -1.67. The lowest BCUT2D eigenvalue weighted by atomic mass is 9.89. The number of hydrogen-bond acceptors (Lipinski definition) is 2. The van der Waals surface area contributed by atoms with Crippen LogP contribution in [0.5, 0.6) is 0 Å². The number of rotatable bonds is 3. The Balaban J connectivity index is 2.45. The number of benzene rings is 2. The number of nitrogens with zero attached hydrogens (tertiary/aromatic N) is 1. The van der Waals surface area contributed by atoms with E-state index in [0.29, 0.717) is 5.56 Å². The summed E-state index contributed by atoms with van der Waals surface area (Å²) in [7, 11) is 0. The molecule has 0 N–H and O–H groups in total. The van der Waals surface area contributed by atoms with Crippen LogP contribution in [0.1, 0.15) is 27.4 Å². The van der Waals surface area contributed by atoms with E-state index >= 15 is 0 Å². The summed E-state index contributed by atoms with van der Waals surface area (Å²) in [6.45, 7) is 1.92. The standard InChI is InChI=1S/C16H12INO/c1-11-6-2-3-7-12(11)14(10-18)16(19)13-8-4-5-9-15(13)17/h2-9,14H,1H3. The minimum absolute atomic E-state index is 0.137. The van der Waals surface area contributed by atoms with Crippen molar-refractivity contribution in [2.75, 3.05) is 0 Å². The van der Waals surface area contributed by atoms with Gasteiger partial charge in [-0.2, -0.15) is 5.26 Å². The van der Waals surface area contributed by atoms with E-state index in [9.17, 15) is 10.1 Å². The summed E-state index contributed by atoms with van der Waals surface area (Å²) in [6.07, 6.45) is 0. The molecule has 1 unspecified atom stereocenters. The first-order valence-corrected chi connectivity index (χ1v) is 6.97. The number of halogens is 1. The molecule has 1 atom stereocenters. The molecule has 19 heavy (non-hydrogen) atoms. The van der Waals surface area contributed by atoms with Gasteiger partial charge in [0, 0.05) is 9.13 Å². The highest BCUT2D eigenvalue weighted by molar-refractivity contribution is 14.1. The highest BCUT2D eigenvalue weighted by Crippen LogP contribution is 2.25. The number of hydrogen-bond donors (Lipinski definition) is 0. The molecule has 2 aromatic rings. The summed E-state index contributed by atoms with van der Waals surface area (Å²) >= 11 is 2.12. The average Bonchev–Trinajstić information content (AvgIpc) is 2.42. The van der Waals surface area contributed by atoms with Crippen LogP contribution in [0.4, 0.5) is 0 Å². The summed E-state index contributed by atoms with van der Waals surface area (Å²) < 4.78 is 0.874. The monoisotopic (exact) mass is 361 g/mol. The van der Waals surface area contributed by atoms with Crippen molar-refractivity contribution in [3.63, 3.8) is 0 Å². The molecule has 3 heteroatoms. The minimum atomic E-state index is -0.739. The van der Waals surface area contributed by atoms with Crippen LogP contribution in [0.3, 0.4) is 0 Å². The van der Waals surface area contributed by atoms with E-state index in [1.54, 1.807) is 6.07 Å². The maximum Gasteiger partial charge on any atom is 0.185 e. The summed E-state index contributed by atoms with van der Waals surface area (Å²) in [5, 5.41) is 9.35. The Labute approximate surface area is 126 Å². The minimum Gasteiger partial charge on any atom is -0.292 e. The SMILES string of the molecule is Cc1ccccc1C(C#N)C(=O)c1ccccc1I. The lowest BCUT2D eigenvalue weighted by Gasteiger charge is -2.12. The Morgan fingerprint density at radius 3 is 2.42 bits per heavy atom. The van der Waals surface area contributed by atoms with Crippen LogP contribution >= 0.6 is 22.6 Å². The van der Waals surface area contributed by atoms with Gasteiger partial charge < -0.3 is 0 Å². The van der Waals surface area contributed by atoms with E-state index in [-0.39, 0.29) is 5.78 Å². The normalized spacial score (nSPS) is 11.6. The zero-order valence-corrected chi connectivity index (χ0v) is 12.6. The van der Waals surface area contributed by atoms with Crippen molar-refractivity contribution in [3.8, 4) is 6.07 Å². The molecule has 0 heterocycles. The van der Waals surface area contributed by atoms with Gasteiger partial charge in [0.25, 0.3) is 0 Å². The predicted octanol–water partition coefficient (Wildman–Crippen LogP) is 4.09. The molecular formula is C16H12INO. The third-order valence-corrected chi connectivity index (χ3v) is 3.97. The van der Waals surface area contributed by atoms with E-state index in [1.807, 2.05) is 49.4 Å². The van der Waals surface area contributed by atoms with Crippen LogP contribution in [-0.2, 0) is 0 Å². The van der Waals surface area contributed by atoms with Gasteiger partial charge in [0.1, 0.15) is 5.92 Å².